The van der Waals surface area contributed by atoms with Gasteiger partial charge in [-0.2, -0.15) is 0 Å². The summed E-state index contributed by atoms with van der Waals surface area (Å²) in [4.78, 5) is 18.1. The fourth-order valence-corrected chi connectivity index (χ4v) is 5.68. The highest BCUT2D eigenvalue weighted by Gasteiger charge is 2.18. The van der Waals surface area contributed by atoms with Crippen molar-refractivity contribution in [3.8, 4) is 11.4 Å². The highest BCUT2D eigenvalue weighted by atomic mass is 35.5. The molecule has 10 heteroatoms. The Morgan fingerprint density at radius 2 is 1.81 bits per heavy atom. The van der Waals surface area contributed by atoms with E-state index in [0.717, 1.165) is 39.1 Å². The van der Waals surface area contributed by atoms with Crippen molar-refractivity contribution in [1.29, 1.82) is 0 Å². The maximum Gasteiger partial charge on any atom is 0.334 e. The zero-order chi connectivity index (χ0) is 26.3. The summed E-state index contributed by atoms with van der Waals surface area (Å²) < 4.78 is 34.3. The number of halogens is 1. The Labute approximate surface area is 219 Å². The Hall–Kier alpha value is -3.56. The Morgan fingerprint density at radius 3 is 2.54 bits per heavy atom. The second-order valence-corrected chi connectivity index (χ2v) is 11.9. The van der Waals surface area contributed by atoms with Crippen LogP contribution in [0, 0.1) is 6.92 Å². The molecular weight excluding hydrogens is 512 g/mol. The third kappa shape index (κ3) is 4.89. The monoisotopic (exact) mass is 538 g/mol. The summed E-state index contributed by atoms with van der Waals surface area (Å²) in [6, 6.07) is 15.1. The van der Waals surface area contributed by atoms with Gasteiger partial charge in [0.05, 0.1) is 42.3 Å². The van der Waals surface area contributed by atoms with Gasteiger partial charge in [0.15, 0.2) is 0 Å². The van der Waals surface area contributed by atoms with E-state index in [1.54, 1.807) is 28.6 Å². The molecule has 0 aliphatic rings. The van der Waals surface area contributed by atoms with Gasteiger partial charge in [-0.1, -0.05) is 11.6 Å². The van der Waals surface area contributed by atoms with Gasteiger partial charge in [0, 0.05) is 40.6 Å². The van der Waals surface area contributed by atoms with E-state index in [2.05, 4.69) is 9.55 Å². The minimum Gasteiger partial charge on any atom is -0.496 e. The number of benzene rings is 2. The van der Waals surface area contributed by atoms with Crippen LogP contribution in [0.25, 0.3) is 27.6 Å². The lowest BCUT2D eigenvalue weighted by molar-refractivity contribution is 0.411. The van der Waals surface area contributed by atoms with Gasteiger partial charge in [-0.3, -0.25) is 14.1 Å². The van der Waals surface area contributed by atoms with E-state index in [0.29, 0.717) is 23.5 Å². The number of rotatable bonds is 8. The normalized spacial score (nSPS) is 12.0. The minimum absolute atomic E-state index is 0.0830. The number of hydrogen-bond donors (Lipinski definition) is 0. The molecule has 5 aromatic rings. The predicted molar refractivity (Wildman–Crippen MR) is 147 cm³/mol. The van der Waals surface area contributed by atoms with Crippen LogP contribution in [0.2, 0.25) is 5.02 Å². The number of nitrogens with zero attached hydrogens (tertiary/aromatic N) is 4. The van der Waals surface area contributed by atoms with Gasteiger partial charge < -0.3 is 9.30 Å². The standard InChI is InChI=1S/C27H27ClN4O4S/c1-18-13-21(6-8-26(18)36-2)32-24-9-10-29-16-25(24)31(27(32)33)17-22-15-19-14-20(28)5-7-23(19)30(22)11-4-12-37(3,34)35/h5-10,13-16H,4,11-12,17H2,1-3H3. The van der Waals surface area contributed by atoms with Crippen molar-refractivity contribution >= 4 is 43.4 Å². The topological polar surface area (TPSA) is 88.1 Å². The van der Waals surface area contributed by atoms with Crippen LogP contribution in [0.4, 0.5) is 0 Å². The Balaban J connectivity index is 1.63. The first kappa shape index (κ1) is 25.1. The van der Waals surface area contributed by atoms with Crippen molar-refractivity contribution in [2.24, 2.45) is 0 Å². The van der Waals surface area contributed by atoms with Crippen LogP contribution < -0.4 is 10.4 Å². The lowest BCUT2D eigenvalue weighted by Crippen LogP contribution is -2.24. The van der Waals surface area contributed by atoms with Gasteiger partial charge in [-0.15, -0.1) is 0 Å². The lowest BCUT2D eigenvalue weighted by atomic mass is 10.2. The molecule has 3 heterocycles. The van der Waals surface area contributed by atoms with Crippen LogP contribution in [-0.4, -0.2) is 46.2 Å². The number of methoxy groups -OCH3 is 1. The summed E-state index contributed by atoms with van der Waals surface area (Å²) in [5.41, 5.74) is 4.72. The van der Waals surface area contributed by atoms with E-state index in [1.165, 1.54) is 6.26 Å². The van der Waals surface area contributed by atoms with Gasteiger partial charge in [0.2, 0.25) is 0 Å². The molecule has 8 nitrogen and oxygen atoms in total. The van der Waals surface area contributed by atoms with E-state index in [-0.39, 0.29) is 18.0 Å². The molecule has 0 bridgehead atoms. The summed E-state index contributed by atoms with van der Waals surface area (Å²) in [5.74, 6) is 0.833. The summed E-state index contributed by atoms with van der Waals surface area (Å²) in [6.07, 6.45) is 5.06. The molecule has 0 fully saturated rings. The summed E-state index contributed by atoms with van der Waals surface area (Å²) in [5, 5.41) is 1.54. The van der Waals surface area contributed by atoms with Crippen molar-refractivity contribution in [2.75, 3.05) is 19.1 Å². The molecule has 37 heavy (non-hydrogen) atoms. The van der Waals surface area contributed by atoms with Crippen LogP contribution in [0.15, 0.2) is 65.7 Å². The summed E-state index contributed by atoms with van der Waals surface area (Å²) in [7, 11) is -1.47. The predicted octanol–water partition coefficient (Wildman–Crippen LogP) is 4.60. The first-order valence-corrected chi connectivity index (χ1v) is 14.3. The lowest BCUT2D eigenvalue weighted by Gasteiger charge is -2.12. The molecule has 5 rings (SSSR count). The number of fused-ring (bicyclic) bond motifs is 2. The largest absolute Gasteiger partial charge is 0.496 e. The fraction of sp³-hybridized carbons (Fsp3) is 0.259. The first-order valence-electron chi connectivity index (χ1n) is 11.8. The fourth-order valence-electron chi connectivity index (χ4n) is 4.85. The van der Waals surface area contributed by atoms with Gasteiger partial charge >= 0.3 is 5.69 Å². The van der Waals surface area contributed by atoms with E-state index in [4.69, 9.17) is 16.3 Å². The molecule has 2 aromatic carbocycles. The maximum atomic E-state index is 13.8. The smallest absolute Gasteiger partial charge is 0.334 e. The number of sulfone groups is 1. The summed E-state index contributed by atoms with van der Waals surface area (Å²) >= 11 is 6.25. The van der Waals surface area contributed by atoms with E-state index < -0.39 is 9.84 Å². The molecule has 0 aliphatic carbocycles. The summed E-state index contributed by atoms with van der Waals surface area (Å²) in [6.45, 7) is 2.72. The second-order valence-electron chi connectivity index (χ2n) is 9.20. The zero-order valence-corrected chi connectivity index (χ0v) is 22.4. The molecule has 0 unspecified atom stereocenters. The molecule has 0 spiro atoms. The third-order valence-corrected chi connectivity index (χ3v) is 7.80. The SMILES string of the molecule is COc1ccc(-n2c(=O)n(Cc3cc4cc(Cl)ccc4n3CCCS(C)(=O)=O)c3cnccc32)cc1C. The van der Waals surface area contributed by atoms with Crippen molar-refractivity contribution in [2.45, 2.75) is 26.4 Å². The highest BCUT2D eigenvalue weighted by molar-refractivity contribution is 7.90. The van der Waals surface area contributed by atoms with E-state index in [1.807, 2.05) is 55.5 Å². The minimum atomic E-state index is -3.09. The molecule has 0 amide bonds. The van der Waals surface area contributed by atoms with Crippen LogP contribution in [0.1, 0.15) is 17.7 Å². The first-order chi connectivity index (χ1) is 17.7. The molecule has 0 radical (unpaired) electrons. The van der Waals surface area contributed by atoms with Crippen molar-refractivity contribution in [1.82, 2.24) is 18.7 Å². The highest BCUT2D eigenvalue weighted by Crippen LogP contribution is 2.27. The Morgan fingerprint density at radius 1 is 1.00 bits per heavy atom. The quantitative estimate of drug-likeness (QED) is 0.288. The second kappa shape index (κ2) is 9.72. The molecule has 0 N–H and O–H groups in total. The molecule has 3 aromatic heterocycles. The van der Waals surface area contributed by atoms with Gasteiger partial charge in [0.25, 0.3) is 0 Å². The zero-order valence-electron chi connectivity index (χ0n) is 20.8. The number of pyridine rings is 1. The Kier molecular flexibility index (Phi) is 6.59. The molecule has 0 atom stereocenters. The number of aryl methyl sites for hydroxylation is 2. The molecule has 0 aliphatic heterocycles. The van der Waals surface area contributed by atoms with Gasteiger partial charge in [-0.25, -0.2) is 13.2 Å². The molecule has 192 valence electrons. The van der Waals surface area contributed by atoms with Crippen LogP contribution >= 0.6 is 11.6 Å². The van der Waals surface area contributed by atoms with Crippen LogP contribution in [0.5, 0.6) is 5.75 Å². The van der Waals surface area contributed by atoms with Crippen molar-refractivity contribution in [3.63, 3.8) is 0 Å². The van der Waals surface area contributed by atoms with Crippen LogP contribution in [0.3, 0.4) is 0 Å². The van der Waals surface area contributed by atoms with Crippen molar-refractivity contribution < 1.29 is 13.2 Å². The Bertz CT molecular complexity index is 1800. The molecular formula is C27H27ClN4O4S. The van der Waals surface area contributed by atoms with Gasteiger partial charge in [-0.05, 0) is 67.4 Å². The molecule has 0 saturated carbocycles. The van der Waals surface area contributed by atoms with Gasteiger partial charge in [0.1, 0.15) is 15.6 Å². The number of imidazole rings is 1. The number of ether oxygens (including phenoxy) is 1. The third-order valence-electron chi connectivity index (χ3n) is 6.53. The maximum absolute atomic E-state index is 13.8. The number of aromatic nitrogens is 4. The molecule has 0 saturated heterocycles. The van der Waals surface area contributed by atoms with Crippen LogP contribution in [-0.2, 0) is 22.9 Å². The number of hydrogen-bond acceptors (Lipinski definition) is 5. The van der Waals surface area contributed by atoms with Crippen molar-refractivity contribution in [3.05, 3.63) is 87.7 Å². The van der Waals surface area contributed by atoms with E-state index >= 15 is 0 Å². The average Bonchev–Trinajstić information content (AvgIpc) is 3.32. The van der Waals surface area contributed by atoms with E-state index in [9.17, 15) is 13.2 Å². The average molecular weight is 539 g/mol.